The van der Waals surface area contributed by atoms with Crippen LogP contribution < -0.4 is 9.46 Å². The minimum absolute atomic E-state index is 0.0939. The zero-order valence-corrected chi connectivity index (χ0v) is 22.0. The van der Waals surface area contributed by atoms with Crippen molar-refractivity contribution in [3.05, 3.63) is 57.5 Å². The summed E-state index contributed by atoms with van der Waals surface area (Å²) in [5.41, 5.74) is 0.303. The number of ether oxygens (including phenoxy) is 1. The van der Waals surface area contributed by atoms with Crippen LogP contribution in [0.15, 0.2) is 24.4 Å². The Labute approximate surface area is 222 Å². The molecule has 0 spiro atoms. The van der Waals surface area contributed by atoms with Gasteiger partial charge in [0.05, 0.1) is 28.6 Å². The van der Waals surface area contributed by atoms with Gasteiger partial charge >= 0.3 is 6.18 Å². The summed E-state index contributed by atoms with van der Waals surface area (Å²) in [6, 6.07) is 3.80. The summed E-state index contributed by atoms with van der Waals surface area (Å²) in [4.78, 5) is 18.5. The van der Waals surface area contributed by atoms with E-state index < -0.39 is 38.5 Å². The van der Waals surface area contributed by atoms with E-state index in [0.717, 1.165) is 55.3 Å². The third-order valence-electron chi connectivity index (χ3n) is 7.39. The molecule has 3 heterocycles. The fraction of sp³-hybridized carbons (Fsp3) is 0.520. The zero-order chi connectivity index (χ0) is 27.4. The molecule has 3 fully saturated rings. The highest BCUT2D eigenvalue weighted by Crippen LogP contribution is 2.45. The maximum atomic E-state index is 15.0. The van der Waals surface area contributed by atoms with E-state index in [9.17, 15) is 30.8 Å². The largest absolute Gasteiger partial charge is 0.474 e. The van der Waals surface area contributed by atoms with Crippen molar-refractivity contribution in [1.82, 2.24) is 14.6 Å². The lowest BCUT2D eigenvalue weighted by Gasteiger charge is -2.39. The number of pyridine rings is 1. The lowest BCUT2D eigenvalue weighted by Crippen LogP contribution is -2.46. The van der Waals surface area contributed by atoms with E-state index in [0.29, 0.717) is 19.4 Å². The second kappa shape index (κ2) is 9.95. The number of benzene rings is 1. The lowest BCUT2D eigenvalue weighted by atomic mass is 9.95. The fourth-order valence-electron chi connectivity index (χ4n) is 5.59. The van der Waals surface area contributed by atoms with Crippen LogP contribution in [0.1, 0.15) is 71.5 Å². The van der Waals surface area contributed by atoms with Crippen molar-refractivity contribution in [3.8, 4) is 5.88 Å². The molecule has 1 amide bonds. The summed E-state index contributed by atoms with van der Waals surface area (Å²) in [7, 11) is -3.84. The van der Waals surface area contributed by atoms with E-state index in [4.69, 9.17) is 16.3 Å². The molecule has 38 heavy (non-hydrogen) atoms. The second-order valence-corrected chi connectivity index (χ2v) is 12.4. The topological polar surface area (TPSA) is 88.6 Å². The molecule has 2 aromatic rings. The summed E-state index contributed by atoms with van der Waals surface area (Å²) in [6.07, 6.45) is 1.57. The summed E-state index contributed by atoms with van der Waals surface area (Å²) >= 11 is 5.66. The Balaban J connectivity index is 1.31. The smallest absolute Gasteiger partial charge is 0.418 e. The third kappa shape index (κ3) is 5.91. The fourth-order valence-corrected chi connectivity index (χ4v) is 6.24. The van der Waals surface area contributed by atoms with Crippen molar-refractivity contribution in [2.24, 2.45) is 0 Å². The molecule has 2 bridgehead atoms. The van der Waals surface area contributed by atoms with Gasteiger partial charge in [-0.05, 0) is 67.7 Å². The number of carbonyl (C=O) groups is 1. The molecule has 206 valence electrons. The van der Waals surface area contributed by atoms with Gasteiger partial charge in [0.15, 0.2) is 0 Å². The van der Waals surface area contributed by atoms with Crippen molar-refractivity contribution < 1.29 is 35.5 Å². The Bertz CT molecular complexity index is 1350. The van der Waals surface area contributed by atoms with Crippen molar-refractivity contribution in [3.63, 3.8) is 0 Å². The number of sulfonamides is 1. The van der Waals surface area contributed by atoms with Crippen LogP contribution in [0.25, 0.3) is 0 Å². The Morgan fingerprint density at radius 2 is 1.82 bits per heavy atom. The second-order valence-electron chi connectivity index (χ2n) is 10.3. The van der Waals surface area contributed by atoms with Crippen LogP contribution in [0.3, 0.4) is 0 Å². The molecule has 3 aliphatic rings. The highest BCUT2D eigenvalue weighted by atomic mass is 35.5. The first-order valence-electron chi connectivity index (χ1n) is 12.3. The first-order chi connectivity index (χ1) is 17.8. The van der Waals surface area contributed by atoms with Crippen molar-refractivity contribution >= 4 is 27.5 Å². The van der Waals surface area contributed by atoms with Crippen LogP contribution in [0, 0.1) is 5.82 Å². The van der Waals surface area contributed by atoms with Gasteiger partial charge in [0.1, 0.15) is 11.9 Å². The number of fused-ring (bicyclic) bond motifs is 2. The van der Waals surface area contributed by atoms with Crippen molar-refractivity contribution in [2.75, 3.05) is 6.26 Å². The predicted molar refractivity (Wildman–Crippen MR) is 131 cm³/mol. The van der Waals surface area contributed by atoms with Gasteiger partial charge in [-0.1, -0.05) is 11.6 Å². The number of rotatable bonds is 7. The van der Waals surface area contributed by atoms with Gasteiger partial charge in [0.25, 0.3) is 5.91 Å². The van der Waals surface area contributed by atoms with Gasteiger partial charge in [-0.15, -0.1) is 0 Å². The summed E-state index contributed by atoms with van der Waals surface area (Å²) < 4.78 is 85.2. The Hall–Kier alpha value is -2.44. The van der Waals surface area contributed by atoms with Gasteiger partial charge in [-0.25, -0.2) is 22.5 Å². The number of aromatic nitrogens is 1. The van der Waals surface area contributed by atoms with Crippen LogP contribution in [0.2, 0.25) is 5.02 Å². The quantitative estimate of drug-likeness (QED) is 0.466. The maximum Gasteiger partial charge on any atom is 0.418 e. The van der Waals surface area contributed by atoms with E-state index in [1.165, 1.54) is 12.1 Å². The van der Waals surface area contributed by atoms with Crippen LogP contribution in [-0.2, 0) is 22.7 Å². The van der Waals surface area contributed by atoms with Gasteiger partial charge in [-0.2, -0.15) is 13.2 Å². The Morgan fingerprint density at radius 1 is 1.16 bits per heavy atom. The average molecular weight is 576 g/mol. The molecule has 0 radical (unpaired) electrons. The number of halogens is 5. The predicted octanol–water partition coefficient (Wildman–Crippen LogP) is 5.03. The molecule has 2 saturated heterocycles. The zero-order valence-electron chi connectivity index (χ0n) is 20.4. The van der Waals surface area contributed by atoms with Gasteiger partial charge in [-0.3, -0.25) is 9.69 Å². The number of amides is 1. The maximum absolute atomic E-state index is 15.0. The van der Waals surface area contributed by atoms with Gasteiger partial charge in [0.2, 0.25) is 15.9 Å². The molecule has 2 aliphatic heterocycles. The highest BCUT2D eigenvalue weighted by molar-refractivity contribution is 7.89. The first kappa shape index (κ1) is 27.1. The minimum Gasteiger partial charge on any atom is -0.474 e. The average Bonchev–Trinajstić information content (AvgIpc) is 3.60. The molecule has 13 heteroatoms. The van der Waals surface area contributed by atoms with Gasteiger partial charge < -0.3 is 4.74 Å². The number of alkyl halides is 3. The lowest BCUT2D eigenvalue weighted by molar-refractivity contribution is -0.137. The summed E-state index contributed by atoms with van der Waals surface area (Å²) in [5.74, 6) is -1.72. The monoisotopic (exact) mass is 575 g/mol. The number of nitrogens with zero attached hydrogens (tertiary/aromatic N) is 2. The van der Waals surface area contributed by atoms with E-state index in [1.54, 1.807) is 0 Å². The molecule has 1 unspecified atom stereocenters. The van der Waals surface area contributed by atoms with Crippen LogP contribution in [0.4, 0.5) is 17.6 Å². The molecule has 1 aromatic heterocycles. The van der Waals surface area contributed by atoms with Crippen LogP contribution in [0.5, 0.6) is 5.88 Å². The Kier molecular flexibility index (Phi) is 7.10. The first-order valence-corrected chi connectivity index (χ1v) is 14.5. The molecule has 5 rings (SSSR count). The molecule has 1 N–H and O–H groups in total. The number of hydrogen-bond donors (Lipinski definition) is 1. The number of nitrogens with one attached hydrogen (secondary N) is 1. The number of piperidine rings is 1. The molecular weight excluding hydrogens is 550 g/mol. The van der Waals surface area contributed by atoms with Gasteiger partial charge in [0, 0.05) is 24.7 Å². The normalized spacial score (nSPS) is 23.9. The van der Waals surface area contributed by atoms with Crippen LogP contribution >= 0.6 is 11.6 Å². The molecule has 7 nitrogen and oxygen atoms in total. The highest BCUT2D eigenvalue weighted by Gasteiger charge is 2.43. The number of carbonyl (C=O) groups excluding carboxylic acids is 1. The molecule has 1 aliphatic carbocycles. The third-order valence-corrected chi connectivity index (χ3v) is 8.24. The van der Waals surface area contributed by atoms with Crippen molar-refractivity contribution in [2.45, 2.75) is 75.4 Å². The van der Waals surface area contributed by atoms with E-state index in [2.05, 4.69) is 9.88 Å². The summed E-state index contributed by atoms with van der Waals surface area (Å²) in [6.45, 7) is 0.455. The van der Waals surface area contributed by atoms with E-state index >= 15 is 0 Å². The van der Waals surface area contributed by atoms with Crippen molar-refractivity contribution in [1.29, 1.82) is 0 Å². The standard InChI is InChI=1S/C25H26ClF4N3O4S/c1-38(35,36)32-24(34)19-9-18(13-2-3-13)14(6-22(19)27)12-33-15-4-5-16(33)8-17(7-15)37-23-10-20(25(28,29)30)21(26)11-31-23/h6,9-11,13,15-17H,2-5,7-8,12H2,1H3,(H,32,34)/t15-,16+,17?. The molecular formula is C25H26ClF4N3O4S. The summed E-state index contributed by atoms with van der Waals surface area (Å²) in [5, 5.41) is -0.488. The SMILES string of the molecule is CS(=O)(=O)NC(=O)c1cc(C2CC2)c(CN2[C@@H]3CC[C@H]2CC(Oc2cc(C(F)(F)F)c(Cl)cn2)C3)cc1F. The van der Waals surface area contributed by atoms with E-state index in [1.807, 2.05) is 4.72 Å². The Morgan fingerprint density at radius 3 is 2.39 bits per heavy atom. The molecule has 1 saturated carbocycles. The molecule has 1 aromatic carbocycles. The number of hydrogen-bond acceptors (Lipinski definition) is 6. The van der Waals surface area contributed by atoms with E-state index in [-0.39, 0.29) is 35.5 Å². The molecule has 3 atom stereocenters. The minimum atomic E-state index is -4.61. The van der Waals surface area contributed by atoms with Crippen LogP contribution in [-0.4, -0.2) is 48.7 Å².